The van der Waals surface area contributed by atoms with Gasteiger partial charge in [0.2, 0.25) is 0 Å². The molecule has 10 nitrogen and oxygen atoms in total. The summed E-state index contributed by atoms with van der Waals surface area (Å²) in [7, 11) is 0. The van der Waals surface area contributed by atoms with Crippen LogP contribution in [0.25, 0.3) is 0 Å². The Hall–Kier alpha value is -2.20. The first kappa shape index (κ1) is 30.5. The van der Waals surface area contributed by atoms with Crippen LogP contribution in [0.4, 0.5) is 0 Å². The van der Waals surface area contributed by atoms with Crippen LogP contribution in [0, 0.1) is 0 Å². The summed E-state index contributed by atoms with van der Waals surface area (Å²) >= 11 is 0. The standard InChI is InChI=1S/2C6H10O4.C6H14O2/c2*7-5(8)3-1-2-4-6(9)10;1-6(8)4-2-3-5-7/h2*1-4H2,(H,7,8)(H,9,10);6-8H,2-5H2,1H3. The number of aliphatic hydroxyl groups excluding tert-OH is 2. The van der Waals surface area contributed by atoms with Crippen molar-refractivity contribution in [3.63, 3.8) is 0 Å². The lowest BCUT2D eigenvalue weighted by molar-refractivity contribution is -0.139. The number of aliphatic carboxylic acids is 4. The van der Waals surface area contributed by atoms with Crippen molar-refractivity contribution in [2.75, 3.05) is 6.61 Å². The van der Waals surface area contributed by atoms with Crippen molar-refractivity contribution in [2.45, 2.75) is 83.7 Å². The maximum absolute atomic E-state index is 9.90. The molecule has 1 unspecified atom stereocenters. The van der Waals surface area contributed by atoms with E-state index in [-0.39, 0.29) is 38.4 Å². The van der Waals surface area contributed by atoms with E-state index in [1.54, 1.807) is 6.92 Å². The van der Waals surface area contributed by atoms with Crippen LogP contribution in [-0.4, -0.2) is 67.2 Å². The smallest absolute Gasteiger partial charge is 0.303 e. The molecule has 0 spiro atoms. The van der Waals surface area contributed by atoms with Crippen LogP contribution in [0.2, 0.25) is 0 Å². The van der Waals surface area contributed by atoms with Crippen molar-refractivity contribution in [1.29, 1.82) is 0 Å². The summed E-state index contributed by atoms with van der Waals surface area (Å²) in [4.78, 5) is 39.6. The molecule has 0 fully saturated rings. The monoisotopic (exact) mass is 410 g/mol. The Bertz CT molecular complexity index is 357. The zero-order valence-electron chi connectivity index (χ0n) is 16.4. The van der Waals surface area contributed by atoms with E-state index >= 15 is 0 Å². The molecule has 166 valence electrons. The summed E-state index contributed by atoms with van der Waals surface area (Å²) in [5, 5.41) is 49.5. The molecule has 0 heterocycles. The summed E-state index contributed by atoms with van der Waals surface area (Å²) in [5.41, 5.74) is 0. The van der Waals surface area contributed by atoms with Crippen LogP contribution in [0.3, 0.4) is 0 Å². The molecule has 28 heavy (non-hydrogen) atoms. The third-order valence-corrected chi connectivity index (χ3v) is 3.09. The van der Waals surface area contributed by atoms with E-state index in [0.717, 1.165) is 19.3 Å². The number of unbranched alkanes of at least 4 members (excludes halogenated alkanes) is 3. The number of aliphatic hydroxyl groups is 2. The van der Waals surface area contributed by atoms with Gasteiger partial charge in [0.25, 0.3) is 0 Å². The number of carboxylic acids is 4. The molecule has 0 aliphatic carbocycles. The fraction of sp³-hybridized carbons (Fsp3) is 0.778. The third-order valence-electron chi connectivity index (χ3n) is 3.09. The molecule has 10 heteroatoms. The second-order valence-corrected chi connectivity index (χ2v) is 6.06. The molecule has 0 aliphatic heterocycles. The van der Waals surface area contributed by atoms with Gasteiger partial charge >= 0.3 is 23.9 Å². The quantitative estimate of drug-likeness (QED) is 0.231. The van der Waals surface area contributed by atoms with Gasteiger partial charge in [-0.25, -0.2) is 0 Å². The van der Waals surface area contributed by atoms with Crippen LogP contribution in [0.5, 0.6) is 0 Å². The average molecular weight is 410 g/mol. The molecule has 0 radical (unpaired) electrons. The van der Waals surface area contributed by atoms with Crippen LogP contribution in [-0.2, 0) is 19.2 Å². The first-order valence-electron chi connectivity index (χ1n) is 9.19. The molecule has 0 rings (SSSR count). The summed E-state index contributed by atoms with van der Waals surface area (Å²) in [5.74, 6) is -3.48. The van der Waals surface area contributed by atoms with Crippen molar-refractivity contribution in [1.82, 2.24) is 0 Å². The van der Waals surface area contributed by atoms with E-state index in [9.17, 15) is 19.2 Å². The summed E-state index contributed by atoms with van der Waals surface area (Å²) in [6, 6.07) is 0. The summed E-state index contributed by atoms with van der Waals surface area (Å²) in [6.45, 7) is 2.00. The van der Waals surface area contributed by atoms with Crippen LogP contribution in [0.15, 0.2) is 0 Å². The van der Waals surface area contributed by atoms with Gasteiger partial charge in [0, 0.05) is 32.3 Å². The van der Waals surface area contributed by atoms with Crippen molar-refractivity contribution >= 4 is 23.9 Å². The van der Waals surface area contributed by atoms with Gasteiger partial charge in [-0.15, -0.1) is 0 Å². The van der Waals surface area contributed by atoms with E-state index in [1.165, 1.54) is 0 Å². The molecular weight excluding hydrogens is 376 g/mol. The van der Waals surface area contributed by atoms with Crippen molar-refractivity contribution in [3.05, 3.63) is 0 Å². The largest absolute Gasteiger partial charge is 0.481 e. The minimum absolute atomic E-state index is 0.0628. The topological polar surface area (TPSA) is 190 Å². The molecular formula is C18H34O10. The summed E-state index contributed by atoms with van der Waals surface area (Å²) in [6.07, 6.45) is 4.37. The highest BCUT2D eigenvalue weighted by atomic mass is 16.4. The zero-order chi connectivity index (χ0) is 22.4. The van der Waals surface area contributed by atoms with Gasteiger partial charge in [-0.1, -0.05) is 0 Å². The van der Waals surface area contributed by atoms with Crippen LogP contribution < -0.4 is 0 Å². The molecule has 0 amide bonds. The van der Waals surface area contributed by atoms with Gasteiger partial charge in [0.05, 0.1) is 6.10 Å². The minimum Gasteiger partial charge on any atom is -0.481 e. The number of carbonyl (C=O) groups is 4. The fourth-order valence-corrected chi connectivity index (χ4v) is 1.66. The first-order valence-corrected chi connectivity index (χ1v) is 9.19. The molecule has 0 aromatic heterocycles. The predicted octanol–water partition coefficient (Wildman–Crippen LogP) is 1.96. The Balaban J connectivity index is -0.000000337. The number of hydrogen-bond donors (Lipinski definition) is 6. The van der Waals surface area contributed by atoms with Gasteiger partial charge < -0.3 is 30.6 Å². The fourth-order valence-electron chi connectivity index (χ4n) is 1.66. The zero-order valence-corrected chi connectivity index (χ0v) is 16.4. The molecule has 6 N–H and O–H groups in total. The lowest BCUT2D eigenvalue weighted by atomic mass is 10.2. The van der Waals surface area contributed by atoms with Crippen molar-refractivity contribution in [3.8, 4) is 0 Å². The molecule has 1 atom stereocenters. The number of carboxylic acid groups (broad SMARTS) is 4. The molecule has 0 aromatic rings. The number of hydrogen-bond acceptors (Lipinski definition) is 6. The lowest BCUT2D eigenvalue weighted by Gasteiger charge is -1.99. The average Bonchev–Trinajstić information content (AvgIpc) is 2.56. The minimum atomic E-state index is -0.870. The normalized spacial score (nSPS) is 10.5. The highest BCUT2D eigenvalue weighted by Crippen LogP contribution is 1.99. The second kappa shape index (κ2) is 22.8. The van der Waals surface area contributed by atoms with E-state index in [4.69, 9.17) is 30.6 Å². The van der Waals surface area contributed by atoms with Crippen LogP contribution >= 0.6 is 0 Å². The van der Waals surface area contributed by atoms with E-state index < -0.39 is 23.9 Å². The predicted molar refractivity (Wildman–Crippen MR) is 100 cm³/mol. The highest BCUT2D eigenvalue weighted by molar-refractivity contribution is 5.68. The molecule has 0 saturated heterocycles. The summed E-state index contributed by atoms with van der Waals surface area (Å²) < 4.78 is 0. The van der Waals surface area contributed by atoms with Crippen LogP contribution in [0.1, 0.15) is 77.6 Å². The Morgan fingerprint density at radius 1 is 0.607 bits per heavy atom. The maximum atomic E-state index is 9.90. The Labute approximate surface area is 164 Å². The van der Waals surface area contributed by atoms with E-state index in [1.807, 2.05) is 0 Å². The maximum Gasteiger partial charge on any atom is 0.303 e. The molecule has 0 saturated carbocycles. The first-order chi connectivity index (χ1) is 13.0. The van der Waals surface area contributed by atoms with Gasteiger partial charge in [0.15, 0.2) is 0 Å². The lowest BCUT2D eigenvalue weighted by Crippen LogP contribution is -1.98. The molecule has 0 aromatic carbocycles. The van der Waals surface area contributed by atoms with E-state index in [0.29, 0.717) is 25.7 Å². The van der Waals surface area contributed by atoms with Gasteiger partial charge in [-0.3, -0.25) is 19.2 Å². The van der Waals surface area contributed by atoms with Crippen molar-refractivity contribution in [2.24, 2.45) is 0 Å². The molecule has 0 aliphatic rings. The van der Waals surface area contributed by atoms with Gasteiger partial charge in [0.1, 0.15) is 0 Å². The van der Waals surface area contributed by atoms with Gasteiger partial charge in [-0.2, -0.15) is 0 Å². The molecule has 0 bridgehead atoms. The Morgan fingerprint density at radius 2 is 0.893 bits per heavy atom. The Morgan fingerprint density at radius 3 is 1.07 bits per heavy atom. The number of rotatable bonds is 14. The third kappa shape index (κ3) is 43.8. The van der Waals surface area contributed by atoms with Crippen molar-refractivity contribution < 1.29 is 49.8 Å². The SMILES string of the molecule is CC(O)CCCCO.O=C(O)CCCCC(=O)O.O=C(O)CCCCC(=O)O. The van der Waals surface area contributed by atoms with E-state index in [2.05, 4.69) is 0 Å². The second-order valence-electron chi connectivity index (χ2n) is 6.06. The van der Waals surface area contributed by atoms with Gasteiger partial charge in [-0.05, 0) is 51.9 Å². The highest BCUT2D eigenvalue weighted by Gasteiger charge is 2.00. The Kier molecular flexibility index (Phi) is 24.9.